The van der Waals surface area contributed by atoms with Crippen LogP contribution in [0.5, 0.6) is 0 Å². The Morgan fingerprint density at radius 2 is 2.00 bits per heavy atom. The van der Waals surface area contributed by atoms with E-state index in [0.29, 0.717) is 5.52 Å². The number of fused-ring (bicyclic) bond motifs is 1. The van der Waals surface area contributed by atoms with Crippen molar-refractivity contribution in [2.24, 2.45) is 0 Å². The first-order chi connectivity index (χ1) is 10.7. The Morgan fingerprint density at radius 3 is 2.82 bits per heavy atom. The van der Waals surface area contributed by atoms with Gasteiger partial charge in [-0.05, 0) is 41.8 Å². The minimum absolute atomic E-state index is 0.0777. The quantitative estimate of drug-likeness (QED) is 0.749. The van der Waals surface area contributed by atoms with Crippen molar-refractivity contribution in [2.45, 2.75) is 19.8 Å². The molecule has 22 heavy (non-hydrogen) atoms. The molecule has 1 amide bonds. The van der Waals surface area contributed by atoms with E-state index in [1.165, 1.54) is 12.1 Å². The molecule has 0 fully saturated rings. The molecular formula is C18H17FN2O. The second-order valence-corrected chi connectivity index (χ2v) is 5.24. The molecule has 0 aliphatic carbocycles. The Hall–Kier alpha value is -2.62. The summed E-state index contributed by atoms with van der Waals surface area (Å²) < 4.78 is 13.2. The first kappa shape index (κ1) is 14.3. The molecule has 0 radical (unpaired) electrons. The van der Waals surface area contributed by atoms with Gasteiger partial charge in [0.2, 0.25) is 5.91 Å². The monoisotopic (exact) mass is 296 g/mol. The van der Waals surface area contributed by atoms with E-state index in [0.717, 1.165) is 28.6 Å². The molecule has 2 aromatic carbocycles. The van der Waals surface area contributed by atoms with Gasteiger partial charge in [0.05, 0.1) is 6.42 Å². The maximum Gasteiger partial charge on any atom is 0.228 e. The molecule has 0 saturated carbocycles. The third-order valence-electron chi connectivity index (χ3n) is 3.75. The third kappa shape index (κ3) is 2.86. The smallest absolute Gasteiger partial charge is 0.228 e. The average Bonchev–Trinajstić information content (AvgIpc) is 2.89. The van der Waals surface area contributed by atoms with Crippen LogP contribution in [0.25, 0.3) is 10.9 Å². The van der Waals surface area contributed by atoms with Gasteiger partial charge >= 0.3 is 0 Å². The van der Waals surface area contributed by atoms with Gasteiger partial charge in [-0.15, -0.1) is 0 Å². The van der Waals surface area contributed by atoms with Gasteiger partial charge in [0.25, 0.3) is 0 Å². The number of amides is 1. The Balaban J connectivity index is 1.78. The first-order valence-corrected chi connectivity index (χ1v) is 7.30. The van der Waals surface area contributed by atoms with Crippen LogP contribution in [0.4, 0.5) is 10.1 Å². The van der Waals surface area contributed by atoms with Crippen molar-refractivity contribution in [1.82, 2.24) is 4.98 Å². The van der Waals surface area contributed by atoms with Gasteiger partial charge < -0.3 is 10.3 Å². The molecule has 0 unspecified atom stereocenters. The van der Waals surface area contributed by atoms with Crippen molar-refractivity contribution >= 4 is 22.5 Å². The zero-order chi connectivity index (χ0) is 15.5. The lowest BCUT2D eigenvalue weighted by Gasteiger charge is -2.09. The molecule has 3 aromatic rings. The molecule has 1 aromatic heterocycles. The highest BCUT2D eigenvalue weighted by Gasteiger charge is 2.10. The molecule has 3 nitrogen and oxygen atoms in total. The van der Waals surface area contributed by atoms with Crippen LogP contribution in [0.3, 0.4) is 0 Å². The van der Waals surface area contributed by atoms with Crippen LogP contribution in [0.1, 0.15) is 18.1 Å². The van der Waals surface area contributed by atoms with Gasteiger partial charge in [0, 0.05) is 22.8 Å². The number of H-pyrrole nitrogens is 1. The SMILES string of the molecule is CCc1ccccc1NC(=O)Cc1c[nH]c2cc(F)ccc12. The summed E-state index contributed by atoms with van der Waals surface area (Å²) in [6.45, 7) is 2.05. The summed E-state index contributed by atoms with van der Waals surface area (Å²) in [7, 11) is 0. The van der Waals surface area contributed by atoms with E-state index in [1.54, 1.807) is 12.3 Å². The lowest BCUT2D eigenvalue weighted by atomic mass is 10.1. The fourth-order valence-electron chi connectivity index (χ4n) is 2.62. The number of carbonyl (C=O) groups excluding carboxylic acids is 1. The molecule has 4 heteroatoms. The van der Waals surface area contributed by atoms with Crippen molar-refractivity contribution in [1.29, 1.82) is 0 Å². The number of carbonyl (C=O) groups is 1. The van der Waals surface area contributed by atoms with E-state index in [2.05, 4.69) is 17.2 Å². The second kappa shape index (κ2) is 6.02. The zero-order valence-electron chi connectivity index (χ0n) is 12.3. The molecule has 0 bridgehead atoms. The zero-order valence-corrected chi connectivity index (χ0v) is 12.3. The summed E-state index contributed by atoms with van der Waals surface area (Å²) in [6.07, 6.45) is 2.88. The number of para-hydroxylation sites is 1. The third-order valence-corrected chi connectivity index (χ3v) is 3.75. The van der Waals surface area contributed by atoms with Crippen LogP contribution in [0, 0.1) is 5.82 Å². The predicted molar refractivity (Wildman–Crippen MR) is 86.4 cm³/mol. The molecule has 0 spiro atoms. The van der Waals surface area contributed by atoms with E-state index in [-0.39, 0.29) is 18.1 Å². The highest BCUT2D eigenvalue weighted by molar-refractivity contribution is 5.96. The number of rotatable bonds is 4. The van der Waals surface area contributed by atoms with E-state index in [9.17, 15) is 9.18 Å². The molecule has 0 saturated heterocycles. The fraction of sp³-hybridized carbons (Fsp3) is 0.167. The standard InChI is InChI=1S/C18H17FN2O/c1-2-12-5-3-4-6-16(12)21-18(22)9-13-11-20-17-10-14(19)7-8-15(13)17/h3-8,10-11,20H,2,9H2,1H3,(H,21,22). The van der Waals surface area contributed by atoms with Crippen molar-refractivity contribution in [3.8, 4) is 0 Å². The first-order valence-electron chi connectivity index (χ1n) is 7.30. The predicted octanol–water partition coefficient (Wildman–Crippen LogP) is 4.05. The number of aromatic nitrogens is 1. The Morgan fingerprint density at radius 1 is 1.18 bits per heavy atom. The summed E-state index contributed by atoms with van der Waals surface area (Å²) in [5.74, 6) is -0.367. The Bertz CT molecular complexity index is 823. The number of nitrogens with one attached hydrogen (secondary N) is 2. The minimum Gasteiger partial charge on any atom is -0.361 e. The normalized spacial score (nSPS) is 10.8. The second-order valence-electron chi connectivity index (χ2n) is 5.24. The number of hydrogen-bond acceptors (Lipinski definition) is 1. The van der Waals surface area contributed by atoms with Crippen molar-refractivity contribution < 1.29 is 9.18 Å². The molecule has 3 rings (SSSR count). The number of anilines is 1. The molecule has 0 aliphatic heterocycles. The van der Waals surface area contributed by atoms with Crippen molar-refractivity contribution in [3.05, 3.63) is 65.6 Å². The molecule has 1 heterocycles. The van der Waals surface area contributed by atoms with Gasteiger partial charge in [-0.1, -0.05) is 25.1 Å². The van der Waals surface area contributed by atoms with Crippen LogP contribution in [-0.2, 0) is 17.6 Å². The maximum atomic E-state index is 13.2. The largest absolute Gasteiger partial charge is 0.361 e. The average molecular weight is 296 g/mol. The Kier molecular flexibility index (Phi) is 3.92. The number of halogens is 1. The number of benzene rings is 2. The number of hydrogen-bond donors (Lipinski definition) is 2. The molecule has 112 valence electrons. The van der Waals surface area contributed by atoms with Gasteiger partial charge in [-0.3, -0.25) is 4.79 Å². The van der Waals surface area contributed by atoms with Gasteiger partial charge in [0.15, 0.2) is 0 Å². The fourth-order valence-corrected chi connectivity index (χ4v) is 2.62. The Labute approximate surface area is 128 Å². The summed E-state index contributed by atoms with van der Waals surface area (Å²) in [4.78, 5) is 15.3. The van der Waals surface area contributed by atoms with E-state index in [4.69, 9.17) is 0 Å². The van der Waals surface area contributed by atoms with Gasteiger partial charge in [-0.2, -0.15) is 0 Å². The highest BCUT2D eigenvalue weighted by atomic mass is 19.1. The lowest BCUT2D eigenvalue weighted by Crippen LogP contribution is -2.15. The highest BCUT2D eigenvalue weighted by Crippen LogP contribution is 2.21. The van der Waals surface area contributed by atoms with E-state index in [1.807, 2.05) is 24.3 Å². The van der Waals surface area contributed by atoms with Gasteiger partial charge in [0.1, 0.15) is 5.82 Å². The van der Waals surface area contributed by atoms with E-state index < -0.39 is 0 Å². The summed E-state index contributed by atoms with van der Waals surface area (Å²) in [6, 6.07) is 12.3. The van der Waals surface area contributed by atoms with Crippen LogP contribution >= 0.6 is 0 Å². The van der Waals surface area contributed by atoms with E-state index >= 15 is 0 Å². The molecule has 2 N–H and O–H groups in total. The van der Waals surface area contributed by atoms with Gasteiger partial charge in [-0.25, -0.2) is 4.39 Å². The summed E-state index contributed by atoms with van der Waals surface area (Å²) >= 11 is 0. The summed E-state index contributed by atoms with van der Waals surface area (Å²) in [5, 5.41) is 3.82. The van der Waals surface area contributed by atoms with Crippen LogP contribution in [0.2, 0.25) is 0 Å². The maximum absolute atomic E-state index is 13.2. The molecule has 0 atom stereocenters. The topological polar surface area (TPSA) is 44.9 Å². The van der Waals surface area contributed by atoms with Crippen LogP contribution in [-0.4, -0.2) is 10.9 Å². The van der Waals surface area contributed by atoms with Crippen molar-refractivity contribution in [2.75, 3.05) is 5.32 Å². The number of aryl methyl sites for hydroxylation is 1. The lowest BCUT2D eigenvalue weighted by molar-refractivity contribution is -0.115. The minimum atomic E-state index is -0.290. The number of aromatic amines is 1. The molecule has 0 aliphatic rings. The van der Waals surface area contributed by atoms with Crippen LogP contribution in [0.15, 0.2) is 48.7 Å². The van der Waals surface area contributed by atoms with Crippen molar-refractivity contribution in [3.63, 3.8) is 0 Å². The summed E-state index contributed by atoms with van der Waals surface area (Å²) in [5.41, 5.74) is 3.52. The van der Waals surface area contributed by atoms with Crippen LogP contribution < -0.4 is 5.32 Å². The molecular weight excluding hydrogens is 279 g/mol.